The minimum absolute atomic E-state index is 0.155. The number of esters is 1. The lowest BCUT2D eigenvalue weighted by Crippen LogP contribution is -2.33. The summed E-state index contributed by atoms with van der Waals surface area (Å²) in [4.78, 5) is 50.1. The highest BCUT2D eigenvalue weighted by atomic mass is 32.1. The molecule has 3 amide bonds. The zero-order valence-electron chi connectivity index (χ0n) is 18.9. The highest BCUT2D eigenvalue weighted by molar-refractivity contribution is 7.12. The van der Waals surface area contributed by atoms with Gasteiger partial charge >= 0.3 is 5.97 Å². The summed E-state index contributed by atoms with van der Waals surface area (Å²) >= 11 is 1.33. The number of ether oxygens (including phenoxy) is 1. The Hall–Kier alpha value is -3.98. The van der Waals surface area contributed by atoms with E-state index in [0.29, 0.717) is 21.8 Å². The number of thiophene rings is 1. The van der Waals surface area contributed by atoms with Crippen molar-refractivity contribution in [3.8, 4) is 0 Å². The molecule has 1 heterocycles. The second-order valence-electron chi connectivity index (χ2n) is 8.13. The number of para-hydroxylation sites is 1. The van der Waals surface area contributed by atoms with E-state index in [1.54, 1.807) is 48.5 Å². The third-order valence-electron chi connectivity index (χ3n) is 5.59. The minimum atomic E-state index is -0.677. The van der Waals surface area contributed by atoms with Gasteiger partial charge in [0.25, 0.3) is 17.7 Å². The molecule has 180 valence electrons. The summed E-state index contributed by atoms with van der Waals surface area (Å²) in [6, 6.07) is 16.6. The predicted molar refractivity (Wildman–Crippen MR) is 134 cm³/mol. The first-order chi connectivity index (χ1) is 17.0. The van der Waals surface area contributed by atoms with E-state index >= 15 is 0 Å². The fraction of sp³-hybridized carbons (Fsp3) is 0.231. The normalized spacial score (nSPS) is 13.1. The number of carbonyl (C=O) groups excluding carboxylic acids is 4. The maximum atomic E-state index is 12.6. The predicted octanol–water partition coefficient (Wildman–Crippen LogP) is 4.47. The van der Waals surface area contributed by atoms with Crippen LogP contribution < -0.4 is 16.0 Å². The quantitative estimate of drug-likeness (QED) is 0.403. The van der Waals surface area contributed by atoms with Crippen molar-refractivity contribution in [3.63, 3.8) is 0 Å². The van der Waals surface area contributed by atoms with Gasteiger partial charge < -0.3 is 20.7 Å². The van der Waals surface area contributed by atoms with Crippen LogP contribution in [0.25, 0.3) is 0 Å². The largest absolute Gasteiger partial charge is 0.452 e. The Morgan fingerprint density at radius 2 is 1.60 bits per heavy atom. The van der Waals surface area contributed by atoms with E-state index in [2.05, 4.69) is 16.0 Å². The summed E-state index contributed by atoms with van der Waals surface area (Å²) in [7, 11) is 0. The lowest BCUT2D eigenvalue weighted by Gasteiger charge is -2.15. The fourth-order valence-corrected chi connectivity index (χ4v) is 4.43. The van der Waals surface area contributed by atoms with Gasteiger partial charge in [-0.25, -0.2) is 4.79 Å². The molecule has 0 atom stereocenters. The van der Waals surface area contributed by atoms with E-state index in [-0.39, 0.29) is 23.4 Å². The van der Waals surface area contributed by atoms with Crippen LogP contribution in [0, 0.1) is 0 Å². The molecule has 0 bridgehead atoms. The highest BCUT2D eigenvalue weighted by Crippen LogP contribution is 2.20. The zero-order valence-corrected chi connectivity index (χ0v) is 19.7. The smallest absolute Gasteiger partial charge is 0.338 e. The number of benzene rings is 2. The molecule has 2 aromatic carbocycles. The Kier molecular flexibility index (Phi) is 7.89. The van der Waals surface area contributed by atoms with E-state index in [1.165, 1.54) is 23.5 Å². The fourth-order valence-electron chi connectivity index (χ4n) is 3.81. The second-order valence-corrected chi connectivity index (χ2v) is 9.08. The average molecular weight is 492 g/mol. The Balaban J connectivity index is 1.28. The molecule has 4 rings (SSSR count). The molecular weight excluding hydrogens is 466 g/mol. The molecule has 8 nitrogen and oxygen atoms in total. The molecule has 1 saturated carbocycles. The molecule has 1 fully saturated rings. The number of hydrogen-bond donors (Lipinski definition) is 3. The van der Waals surface area contributed by atoms with Gasteiger partial charge in [0.2, 0.25) is 0 Å². The third-order valence-corrected chi connectivity index (χ3v) is 6.46. The Bertz CT molecular complexity index is 1200. The molecule has 0 unspecified atom stereocenters. The van der Waals surface area contributed by atoms with Gasteiger partial charge in [-0.15, -0.1) is 11.3 Å². The summed E-state index contributed by atoms with van der Waals surface area (Å²) in [5, 5.41) is 10.2. The molecule has 35 heavy (non-hydrogen) atoms. The Morgan fingerprint density at radius 1 is 0.857 bits per heavy atom. The van der Waals surface area contributed by atoms with Crippen LogP contribution in [-0.2, 0) is 9.53 Å². The topological polar surface area (TPSA) is 114 Å². The molecule has 0 spiro atoms. The van der Waals surface area contributed by atoms with Gasteiger partial charge in [-0.05, 0) is 60.7 Å². The molecule has 1 aromatic heterocycles. The van der Waals surface area contributed by atoms with Crippen LogP contribution in [-0.4, -0.2) is 36.3 Å². The van der Waals surface area contributed by atoms with Crippen LogP contribution in [0.1, 0.15) is 56.1 Å². The van der Waals surface area contributed by atoms with Gasteiger partial charge in [-0.1, -0.05) is 31.0 Å². The summed E-state index contributed by atoms with van der Waals surface area (Å²) in [5.74, 6) is -1.71. The van der Waals surface area contributed by atoms with E-state index < -0.39 is 18.5 Å². The van der Waals surface area contributed by atoms with Crippen molar-refractivity contribution in [1.82, 2.24) is 5.32 Å². The van der Waals surface area contributed by atoms with Gasteiger partial charge in [0.05, 0.1) is 21.7 Å². The van der Waals surface area contributed by atoms with Crippen LogP contribution in [0.4, 0.5) is 11.4 Å². The first kappa shape index (κ1) is 24.2. The zero-order chi connectivity index (χ0) is 24.6. The van der Waals surface area contributed by atoms with Crippen molar-refractivity contribution in [1.29, 1.82) is 0 Å². The first-order valence-electron chi connectivity index (χ1n) is 11.3. The maximum absolute atomic E-state index is 12.6. The Labute approximate surface area is 206 Å². The number of anilines is 2. The molecule has 3 N–H and O–H groups in total. The van der Waals surface area contributed by atoms with Crippen LogP contribution in [0.5, 0.6) is 0 Å². The lowest BCUT2D eigenvalue weighted by molar-refractivity contribution is -0.119. The van der Waals surface area contributed by atoms with Crippen LogP contribution in [0.3, 0.4) is 0 Å². The number of nitrogens with one attached hydrogen (secondary N) is 3. The van der Waals surface area contributed by atoms with E-state index in [9.17, 15) is 19.2 Å². The van der Waals surface area contributed by atoms with Crippen LogP contribution in [0.2, 0.25) is 0 Å². The monoisotopic (exact) mass is 491 g/mol. The average Bonchev–Trinajstić information content (AvgIpc) is 3.58. The lowest BCUT2D eigenvalue weighted by atomic mass is 10.1. The number of rotatable bonds is 8. The third kappa shape index (κ3) is 6.54. The van der Waals surface area contributed by atoms with E-state index in [1.807, 2.05) is 5.38 Å². The van der Waals surface area contributed by atoms with Gasteiger partial charge in [0.15, 0.2) is 6.61 Å². The molecule has 3 aromatic rings. The first-order valence-corrected chi connectivity index (χ1v) is 12.2. The number of carbonyl (C=O) groups is 4. The van der Waals surface area contributed by atoms with Crippen molar-refractivity contribution in [2.75, 3.05) is 17.2 Å². The molecule has 0 saturated heterocycles. The summed E-state index contributed by atoms with van der Waals surface area (Å²) in [6.07, 6.45) is 4.11. The number of hydrogen-bond acceptors (Lipinski definition) is 6. The molecule has 1 aliphatic carbocycles. The minimum Gasteiger partial charge on any atom is -0.452 e. The van der Waals surface area contributed by atoms with Crippen molar-refractivity contribution >= 4 is 46.4 Å². The van der Waals surface area contributed by atoms with Crippen LogP contribution in [0.15, 0.2) is 66.0 Å². The summed E-state index contributed by atoms with van der Waals surface area (Å²) < 4.78 is 5.11. The molecule has 9 heteroatoms. The van der Waals surface area contributed by atoms with Gasteiger partial charge in [0.1, 0.15) is 0 Å². The summed E-state index contributed by atoms with van der Waals surface area (Å²) in [5.41, 5.74) is 1.49. The molecule has 0 radical (unpaired) electrons. The van der Waals surface area contributed by atoms with Gasteiger partial charge in [0, 0.05) is 11.7 Å². The van der Waals surface area contributed by atoms with Gasteiger partial charge in [-0.3, -0.25) is 14.4 Å². The molecular formula is C26H25N3O5S. The summed E-state index contributed by atoms with van der Waals surface area (Å²) in [6.45, 7) is -0.506. The second kappa shape index (κ2) is 11.4. The van der Waals surface area contributed by atoms with Crippen LogP contribution >= 0.6 is 11.3 Å². The van der Waals surface area contributed by atoms with Crippen molar-refractivity contribution < 1.29 is 23.9 Å². The van der Waals surface area contributed by atoms with Crippen molar-refractivity contribution in [2.45, 2.75) is 31.7 Å². The Morgan fingerprint density at radius 3 is 2.31 bits per heavy atom. The van der Waals surface area contributed by atoms with Crippen molar-refractivity contribution in [2.24, 2.45) is 0 Å². The number of amides is 3. The van der Waals surface area contributed by atoms with Gasteiger partial charge in [-0.2, -0.15) is 0 Å². The van der Waals surface area contributed by atoms with Crippen molar-refractivity contribution in [3.05, 3.63) is 82.0 Å². The highest BCUT2D eigenvalue weighted by Gasteiger charge is 2.20. The van der Waals surface area contributed by atoms with E-state index in [4.69, 9.17) is 4.74 Å². The maximum Gasteiger partial charge on any atom is 0.338 e. The molecule has 0 aliphatic heterocycles. The SMILES string of the molecule is O=C(COC(=O)c1ccc(NC(=O)c2cccs2)cc1)Nc1ccccc1C(=O)NC1CCCC1. The van der Waals surface area contributed by atoms with E-state index in [0.717, 1.165) is 25.7 Å². The molecule has 1 aliphatic rings. The standard InChI is InChI=1S/C26H25N3O5S/c30-23(29-21-9-4-3-8-20(21)24(31)27-18-6-1-2-7-18)16-34-26(33)17-11-13-19(14-12-17)28-25(32)22-10-5-15-35-22/h3-5,8-15,18H,1-2,6-7,16H2,(H,27,31)(H,28,32)(H,29,30).